The van der Waals surface area contributed by atoms with Crippen molar-refractivity contribution in [1.82, 2.24) is 0 Å². The van der Waals surface area contributed by atoms with Crippen LogP contribution < -0.4 is 0 Å². The predicted octanol–water partition coefficient (Wildman–Crippen LogP) is 2.92. The van der Waals surface area contributed by atoms with Crippen molar-refractivity contribution in [2.45, 2.75) is 12.5 Å². The standard InChI is InChI=1S/C14H14O3/c1-2-8-14(13(15)16)9-10-17-12(14)11-6-4-3-5-7-11/h2-7,9-10,12H,1,8H2,(H,15,16). The van der Waals surface area contributed by atoms with Gasteiger partial charge in [0.15, 0.2) is 0 Å². The molecule has 2 unspecified atom stereocenters. The summed E-state index contributed by atoms with van der Waals surface area (Å²) >= 11 is 0. The average Bonchev–Trinajstić information content (AvgIpc) is 2.76. The highest BCUT2D eigenvalue weighted by Crippen LogP contribution is 2.46. The van der Waals surface area contributed by atoms with Gasteiger partial charge < -0.3 is 9.84 Å². The summed E-state index contributed by atoms with van der Waals surface area (Å²) in [7, 11) is 0. The summed E-state index contributed by atoms with van der Waals surface area (Å²) in [5.74, 6) is -0.889. The maximum Gasteiger partial charge on any atom is 0.318 e. The molecule has 2 rings (SSSR count). The van der Waals surface area contributed by atoms with Crippen LogP contribution in [0.25, 0.3) is 0 Å². The Balaban J connectivity index is 2.41. The van der Waals surface area contributed by atoms with Crippen molar-refractivity contribution in [2.75, 3.05) is 0 Å². The lowest BCUT2D eigenvalue weighted by Crippen LogP contribution is -2.33. The van der Waals surface area contributed by atoms with E-state index in [1.807, 2.05) is 30.3 Å². The highest BCUT2D eigenvalue weighted by atomic mass is 16.5. The number of carbonyl (C=O) groups is 1. The van der Waals surface area contributed by atoms with Gasteiger partial charge in [0.1, 0.15) is 11.5 Å². The Labute approximate surface area is 100 Å². The first-order valence-corrected chi connectivity index (χ1v) is 5.43. The van der Waals surface area contributed by atoms with Gasteiger partial charge in [-0.15, -0.1) is 6.58 Å². The Morgan fingerprint density at radius 3 is 2.76 bits per heavy atom. The van der Waals surface area contributed by atoms with Crippen LogP contribution in [0.5, 0.6) is 0 Å². The number of carboxylic acid groups (broad SMARTS) is 1. The maximum atomic E-state index is 11.5. The van der Waals surface area contributed by atoms with Gasteiger partial charge in [-0.3, -0.25) is 4.79 Å². The zero-order valence-electron chi connectivity index (χ0n) is 9.37. The van der Waals surface area contributed by atoms with Gasteiger partial charge >= 0.3 is 5.97 Å². The highest BCUT2D eigenvalue weighted by Gasteiger charge is 2.48. The molecule has 1 N–H and O–H groups in total. The van der Waals surface area contributed by atoms with E-state index in [4.69, 9.17) is 4.74 Å². The first-order chi connectivity index (χ1) is 8.20. The third-order valence-corrected chi connectivity index (χ3v) is 3.03. The molecular formula is C14H14O3. The van der Waals surface area contributed by atoms with E-state index in [-0.39, 0.29) is 0 Å². The lowest BCUT2D eigenvalue weighted by Gasteiger charge is -2.28. The number of allylic oxidation sites excluding steroid dienone is 1. The van der Waals surface area contributed by atoms with Crippen molar-refractivity contribution in [3.8, 4) is 0 Å². The first kappa shape index (κ1) is 11.5. The molecule has 1 aromatic rings. The molecule has 1 heterocycles. The second-order valence-corrected chi connectivity index (χ2v) is 4.07. The van der Waals surface area contributed by atoms with Crippen LogP contribution in [0.4, 0.5) is 0 Å². The van der Waals surface area contributed by atoms with E-state index in [1.54, 1.807) is 12.2 Å². The highest BCUT2D eigenvalue weighted by molar-refractivity contribution is 5.79. The van der Waals surface area contributed by atoms with Crippen molar-refractivity contribution in [2.24, 2.45) is 5.41 Å². The average molecular weight is 230 g/mol. The van der Waals surface area contributed by atoms with Gasteiger partial charge in [0.05, 0.1) is 6.26 Å². The first-order valence-electron chi connectivity index (χ1n) is 5.43. The molecule has 0 bridgehead atoms. The Bertz CT molecular complexity index is 450. The Morgan fingerprint density at radius 2 is 2.18 bits per heavy atom. The van der Waals surface area contributed by atoms with Crippen LogP contribution in [-0.2, 0) is 9.53 Å². The molecule has 0 aliphatic carbocycles. The smallest absolute Gasteiger partial charge is 0.318 e. The summed E-state index contributed by atoms with van der Waals surface area (Å²) < 4.78 is 5.46. The van der Waals surface area contributed by atoms with Gasteiger partial charge in [0.2, 0.25) is 0 Å². The molecule has 0 saturated heterocycles. The largest absolute Gasteiger partial charge is 0.492 e. The van der Waals surface area contributed by atoms with Gasteiger partial charge in [0.25, 0.3) is 0 Å². The Hall–Kier alpha value is -2.03. The van der Waals surface area contributed by atoms with Crippen LogP contribution in [0.2, 0.25) is 0 Å². The summed E-state index contributed by atoms with van der Waals surface area (Å²) in [6.45, 7) is 3.63. The number of aliphatic carboxylic acids is 1. The monoisotopic (exact) mass is 230 g/mol. The van der Waals surface area contributed by atoms with Crippen molar-refractivity contribution in [1.29, 1.82) is 0 Å². The van der Waals surface area contributed by atoms with Crippen molar-refractivity contribution >= 4 is 5.97 Å². The normalized spacial score (nSPS) is 26.5. The van der Waals surface area contributed by atoms with E-state index >= 15 is 0 Å². The number of ether oxygens (including phenoxy) is 1. The quantitative estimate of drug-likeness (QED) is 0.809. The van der Waals surface area contributed by atoms with Crippen LogP contribution in [0.15, 0.2) is 55.3 Å². The summed E-state index contributed by atoms with van der Waals surface area (Å²) in [6.07, 6.45) is 4.55. The molecule has 1 aliphatic heterocycles. The summed E-state index contributed by atoms with van der Waals surface area (Å²) in [6, 6.07) is 9.38. The molecule has 0 fully saturated rings. The van der Waals surface area contributed by atoms with E-state index in [9.17, 15) is 9.90 Å². The molecule has 0 spiro atoms. The summed E-state index contributed by atoms with van der Waals surface area (Å²) in [4.78, 5) is 11.5. The molecule has 17 heavy (non-hydrogen) atoms. The van der Waals surface area contributed by atoms with Crippen LogP contribution in [0, 0.1) is 5.41 Å². The Kier molecular flexibility index (Phi) is 3.00. The Morgan fingerprint density at radius 1 is 1.47 bits per heavy atom. The number of rotatable bonds is 4. The number of hydrogen-bond donors (Lipinski definition) is 1. The zero-order chi connectivity index (χ0) is 12.3. The van der Waals surface area contributed by atoms with Crippen molar-refractivity contribution < 1.29 is 14.6 Å². The van der Waals surface area contributed by atoms with E-state index in [2.05, 4.69) is 6.58 Å². The summed E-state index contributed by atoms with van der Waals surface area (Å²) in [5.41, 5.74) is -0.176. The second kappa shape index (κ2) is 4.45. The van der Waals surface area contributed by atoms with Crippen molar-refractivity contribution in [3.63, 3.8) is 0 Å². The molecule has 0 amide bonds. The van der Waals surface area contributed by atoms with E-state index in [0.29, 0.717) is 6.42 Å². The molecular weight excluding hydrogens is 216 g/mol. The molecule has 1 aliphatic rings. The minimum atomic E-state index is -1.04. The fraction of sp³-hybridized carbons (Fsp3) is 0.214. The lowest BCUT2D eigenvalue weighted by atomic mass is 9.77. The number of benzene rings is 1. The molecule has 0 radical (unpaired) electrons. The molecule has 88 valence electrons. The molecule has 2 atom stereocenters. The third-order valence-electron chi connectivity index (χ3n) is 3.03. The number of carboxylic acids is 1. The topological polar surface area (TPSA) is 46.5 Å². The van der Waals surface area contributed by atoms with E-state index < -0.39 is 17.5 Å². The SMILES string of the molecule is C=CCC1(C(=O)O)C=COC1c1ccccc1. The minimum absolute atomic E-state index is 0.346. The van der Waals surface area contributed by atoms with Crippen LogP contribution in [0.3, 0.4) is 0 Å². The lowest BCUT2D eigenvalue weighted by molar-refractivity contribution is -0.150. The molecule has 3 nitrogen and oxygen atoms in total. The maximum absolute atomic E-state index is 11.5. The molecule has 3 heteroatoms. The summed E-state index contributed by atoms with van der Waals surface area (Å²) in [5, 5.41) is 9.45. The van der Waals surface area contributed by atoms with Gasteiger partial charge in [-0.05, 0) is 18.1 Å². The van der Waals surface area contributed by atoms with Crippen LogP contribution in [0.1, 0.15) is 18.1 Å². The third kappa shape index (κ3) is 1.84. The van der Waals surface area contributed by atoms with Gasteiger partial charge in [-0.25, -0.2) is 0 Å². The molecule has 0 aromatic heterocycles. The minimum Gasteiger partial charge on any atom is -0.492 e. The van der Waals surface area contributed by atoms with E-state index in [1.165, 1.54) is 6.26 Å². The van der Waals surface area contributed by atoms with Gasteiger partial charge in [-0.1, -0.05) is 36.4 Å². The van der Waals surface area contributed by atoms with Crippen LogP contribution in [-0.4, -0.2) is 11.1 Å². The predicted molar refractivity (Wildman–Crippen MR) is 64.3 cm³/mol. The number of hydrogen-bond acceptors (Lipinski definition) is 2. The zero-order valence-corrected chi connectivity index (χ0v) is 9.37. The molecule has 1 aromatic carbocycles. The van der Waals surface area contributed by atoms with E-state index in [0.717, 1.165) is 5.56 Å². The van der Waals surface area contributed by atoms with Crippen LogP contribution >= 0.6 is 0 Å². The van der Waals surface area contributed by atoms with Crippen molar-refractivity contribution in [3.05, 3.63) is 60.9 Å². The van der Waals surface area contributed by atoms with Gasteiger partial charge in [0, 0.05) is 0 Å². The fourth-order valence-corrected chi connectivity index (χ4v) is 2.14. The second-order valence-electron chi connectivity index (χ2n) is 4.07. The van der Waals surface area contributed by atoms with Gasteiger partial charge in [-0.2, -0.15) is 0 Å². The molecule has 0 saturated carbocycles. The fourth-order valence-electron chi connectivity index (χ4n) is 2.14.